The van der Waals surface area contributed by atoms with Gasteiger partial charge in [0.2, 0.25) is 0 Å². The van der Waals surface area contributed by atoms with E-state index in [-0.39, 0.29) is 0 Å². The van der Waals surface area contributed by atoms with Gasteiger partial charge in [-0.15, -0.1) is 0 Å². The molecule has 1 N–H and O–H groups in total. The minimum atomic E-state index is -0.705. The van der Waals surface area contributed by atoms with Crippen LogP contribution in [-0.4, -0.2) is 0 Å². The van der Waals surface area contributed by atoms with E-state index in [0.717, 1.165) is 50.7 Å². The first-order valence-corrected chi connectivity index (χ1v) is 33.9. The van der Waals surface area contributed by atoms with Gasteiger partial charge in [0, 0.05) is 22.5 Å². The zero-order chi connectivity index (χ0) is 63.8. The largest absolute Gasteiger partial charge is 0.354 e. The van der Waals surface area contributed by atoms with Crippen molar-refractivity contribution in [1.82, 2.24) is 0 Å². The first-order valence-electron chi connectivity index (χ1n) is 33.9. The highest BCUT2D eigenvalue weighted by Gasteiger charge is 2.53. The normalized spacial score (nSPS) is 14.3. The number of benzene rings is 16. The van der Waals surface area contributed by atoms with Gasteiger partial charge in [-0.05, 0) is 163 Å². The number of anilines is 5. The summed E-state index contributed by atoms with van der Waals surface area (Å²) in [6.07, 6.45) is 0. The van der Waals surface area contributed by atoms with E-state index in [1.54, 1.807) is 0 Å². The fourth-order valence-electron chi connectivity index (χ4n) is 18.4. The number of rotatable bonds is 8. The second kappa shape index (κ2) is 21.3. The fourth-order valence-corrected chi connectivity index (χ4v) is 18.4. The molecule has 0 amide bonds. The van der Waals surface area contributed by atoms with Crippen LogP contribution in [0.1, 0.15) is 66.8 Å². The lowest BCUT2D eigenvalue weighted by molar-refractivity contribution is 0.731. The molecule has 16 aromatic rings. The third kappa shape index (κ3) is 7.50. The lowest BCUT2D eigenvalue weighted by Gasteiger charge is -2.47. The zero-order valence-electron chi connectivity index (χ0n) is 53.2. The predicted octanol–water partition coefficient (Wildman–Crippen LogP) is 23.9. The quantitative estimate of drug-likeness (QED) is 0.153. The van der Waals surface area contributed by atoms with Gasteiger partial charge < -0.3 is 10.2 Å². The number of fused-ring (bicyclic) bond motifs is 16. The number of para-hydroxylation sites is 5. The monoisotopic (exact) mass is 1230 g/mol. The van der Waals surface area contributed by atoms with Crippen molar-refractivity contribution in [3.63, 3.8) is 0 Å². The van der Waals surface area contributed by atoms with E-state index >= 15 is 0 Å². The molecule has 452 valence electrons. The molecule has 0 fully saturated rings. The van der Waals surface area contributed by atoms with Crippen LogP contribution in [0, 0.1) is 0 Å². The van der Waals surface area contributed by atoms with Crippen molar-refractivity contribution in [3.8, 4) is 55.6 Å². The van der Waals surface area contributed by atoms with Crippen LogP contribution in [0.5, 0.6) is 0 Å². The molecule has 2 heterocycles. The third-order valence-corrected chi connectivity index (χ3v) is 22.0. The number of nitrogens with zero attached hydrogens (tertiary/aromatic N) is 1. The maximum absolute atomic E-state index is 4.17. The maximum atomic E-state index is 4.17. The predicted molar refractivity (Wildman–Crippen MR) is 402 cm³/mol. The van der Waals surface area contributed by atoms with Gasteiger partial charge in [0.25, 0.3) is 0 Å². The van der Waals surface area contributed by atoms with Crippen LogP contribution in [0.3, 0.4) is 0 Å². The van der Waals surface area contributed by atoms with E-state index < -0.39 is 16.2 Å². The van der Waals surface area contributed by atoms with E-state index in [0.29, 0.717) is 0 Å². The molecule has 0 bridgehead atoms. The summed E-state index contributed by atoms with van der Waals surface area (Å²) >= 11 is 0. The highest BCUT2D eigenvalue weighted by molar-refractivity contribution is 6.22. The molecular weight excluding hydrogens is 1170 g/mol. The Morgan fingerprint density at radius 2 is 0.598 bits per heavy atom. The Bertz CT molecular complexity index is 5730. The van der Waals surface area contributed by atoms with E-state index in [1.165, 1.54) is 122 Å². The summed E-state index contributed by atoms with van der Waals surface area (Å²) in [5.74, 6) is 0. The van der Waals surface area contributed by atoms with Gasteiger partial charge in [-0.2, -0.15) is 0 Å². The Morgan fingerprint density at radius 1 is 0.216 bits per heavy atom. The van der Waals surface area contributed by atoms with Crippen LogP contribution in [-0.2, 0) is 16.2 Å². The minimum Gasteiger partial charge on any atom is -0.354 e. The summed E-state index contributed by atoms with van der Waals surface area (Å²) in [6, 6.07) is 140. The van der Waals surface area contributed by atoms with E-state index in [2.05, 4.69) is 380 Å². The van der Waals surface area contributed by atoms with Crippen molar-refractivity contribution in [2.75, 3.05) is 10.2 Å². The summed E-state index contributed by atoms with van der Waals surface area (Å²) in [5.41, 5.74) is 30.8. The van der Waals surface area contributed by atoms with Gasteiger partial charge in [-0.3, -0.25) is 0 Å². The molecule has 2 aliphatic heterocycles. The smallest absolute Gasteiger partial charge is 0.0742 e. The number of hydrogen-bond acceptors (Lipinski definition) is 2. The highest BCUT2D eigenvalue weighted by Crippen LogP contribution is 2.66. The van der Waals surface area contributed by atoms with Crippen LogP contribution in [0.15, 0.2) is 370 Å². The Morgan fingerprint density at radius 3 is 1.18 bits per heavy atom. The average molecular weight is 1230 g/mol. The summed E-state index contributed by atoms with van der Waals surface area (Å²) in [4.78, 5) is 2.56. The molecule has 16 aromatic carbocycles. The molecule has 0 saturated heterocycles. The molecule has 0 saturated carbocycles. The Balaban J connectivity index is 0.929. The van der Waals surface area contributed by atoms with E-state index in [4.69, 9.17) is 0 Å². The van der Waals surface area contributed by atoms with Gasteiger partial charge in [0.1, 0.15) is 0 Å². The van der Waals surface area contributed by atoms with Crippen molar-refractivity contribution < 1.29 is 0 Å². The van der Waals surface area contributed by atoms with Crippen LogP contribution in [0.2, 0.25) is 0 Å². The third-order valence-electron chi connectivity index (χ3n) is 22.0. The van der Waals surface area contributed by atoms with E-state index in [1.807, 2.05) is 0 Å². The van der Waals surface area contributed by atoms with Crippen LogP contribution >= 0.6 is 0 Å². The Kier molecular flexibility index (Phi) is 12.1. The molecule has 1 spiro atoms. The number of nitrogens with one attached hydrogen (secondary N) is 1. The minimum absolute atomic E-state index is 0.537. The van der Waals surface area contributed by atoms with Crippen molar-refractivity contribution in [1.29, 1.82) is 0 Å². The first kappa shape index (κ1) is 55.1. The molecule has 0 unspecified atom stereocenters. The van der Waals surface area contributed by atoms with Crippen molar-refractivity contribution >= 4 is 50.0 Å². The zero-order valence-corrected chi connectivity index (χ0v) is 53.2. The molecule has 0 radical (unpaired) electrons. The van der Waals surface area contributed by atoms with Crippen molar-refractivity contribution in [2.45, 2.75) is 16.2 Å². The van der Waals surface area contributed by atoms with Gasteiger partial charge in [-0.25, -0.2) is 0 Å². The standard InChI is InChI=1S/C95H62N2/c1-6-31-62(32-7-1)93(63-33-8-2-9-34-63)82-54-22-24-59-87(82)96-91-73(48-28-57-85(91)93)67-44-26-46-71-77(67)61-78-68(45-27-47-72(78)89(71)76-50-30-56-84-90(76)75-43-18-21-53-81(75)95(84)79-51-19-16-41-69(79)70-42-17-20-52-80(70)95)74-49-29-58-86-92(74)97(66-39-14-5-15-40-66)88-60-25-23-55-83(88)94(86,64-35-10-3-11-36-64)65-37-12-4-13-38-65/h1-61,96H. The number of hydrogen-bond donors (Lipinski definition) is 1. The first-order chi connectivity index (χ1) is 48.2. The Labute approximate surface area is 565 Å². The second-order valence-corrected chi connectivity index (χ2v) is 26.4. The molecular formula is C95H62N2. The van der Waals surface area contributed by atoms with E-state index in [9.17, 15) is 0 Å². The second-order valence-electron chi connectivity index (χ2n) is 26.4. The molecule has 2 heteroatoms. The summed E-state index contributed by atoms with van der Waals surface area (Å²) in [5, 5.41) is 8.89. The fraction of sp³-hybridized carbons (Fsp3) is 0.0316. The van der Waals surface area contributed by atoms with Crippen LogP contribution < -0.4 is 10.2 Å². The molecule has 2 aliphatic carbocycles. The summed E-state index contributed by atoms with van der Waals surface area (Å²) in [7, 11) is 0. The molecule has 4 aliphatic rings. The summed E-state index contributed by atoms with van der Waals surface area (Å²) < 4.78 is 0. The van der Waals surface area contributed by atoms with Crippen molar-refractivity contribution in [2.24, 2.45) is 0 Å². The van der Waals surface area contributed by atoms with Crippen LogP contribution in [0.25, 0.3) is 77.2 Å². The molecule has 97 heavy (non-hydrogen) atoms. The van der Waals surface area contributed by atoms with Gasteiger partial charge in [0.05, 0.1) is 33.3 Å². The lowest BCUT2D eigenvalue weighted by atomic mass is 9.62. The molecule has 20 rings (SSSR count). The SMILES string of the molecule is c1ccc(N2c3ccccc3C(c3ccccc3)(c3ccccc3)c3cccc(-c4cccc5c(-c6cccc7c6-c6ccccc6C76c7ccccc7-c7ccccc76)c6cccc(-c7cccc8c7Nc7ccccc7C8(c7ccccc7)c7ccccc7)c6cc45)c32)cc1. The average Bonchev–Trinajstić information content (AvgIpc) is 1.60. The Hall–Kier alpha value is -12.4. The summed E-state index contributed by atoms with van der Waals surface area (Å²) in [6.45, 7) is 0. The maximum Gasteiger partial charge on any atom is 0.0742 e. The van der Waals surface area contributed by atoms with Gasteiger partial charge in [0.15, 0.2) is 0 Å². The highest BCUT2D eigenvalue weighted by atomic mass is 15.2. The van der Waals surface area contributed by atoms with Crippen molar-refractivity contribution in [3.05, 3.63) is 437 Å². The molecule has 0 aromatic heterocycles. The van der Waals surface area contributed by atoms with Gasteiger partial charge >= 0.3 is 0 Å². The molecule has 2 nitrogen and oxygen atoms in total. The lowest BCUT2D eigenvalue weighted by Crippen LogP contribution is -2.38. The van der Waals surface area contributed by atoms with Crippen LogP contribution in [0.4, 0.5) is 28.4 Å². The topological polar surface area (TPSA) is 15.3 Å². The molecule has 0 atom stereocenters. The van der Waals surface area contributed by atoms with Gasteiger partial charge in [-0.1, -0.05) is 340 Å².